The van der Waals surface area contributed by atoms with Crippen LogP contribution in [0.3, 0.4) is 0 Å². The van der Waals surface area contributed by atoms with Gasteiger partial charge in [-0.3, -0.25) is 0 Å². The number of benzene rings is 1. The van der Waals surface area contributed by atoms with E-state index in [0.29, 0.717) is 28.8 Å². The molecule has 1 heterocycles. The number of aromatic nitrogens is 2. The molecule has 4 nitrogen and oxygen atoms in total. The maximum absolute atomic E-state index is 13.1. The molecule has 1 aromatic heterocycles. The molecule has 0 fully saturated rings. The molecule has 0 atom stereocenters. The van der Waals surface area contributed by atoms with Crippen LogP contribution in [0.5, 0.6) is 11.6 Å². The monoisotopic (exact) mass is 275 g/mol. The van der Waals surface area contributed by atoms with Gasteiger partial charge in [-0.15, -0.1) is 0 Å². The lowest BCUT2D eigenvalue weighted by molar-refractivity contribution is 0.442. The van der Waals surface area contributed by atoms with E-state index in [4.69, 9.17) is 10.5 Å². The first kappa shape index (κ1) is 14.2. The van der Waals surface area contributed by atoms with Crippen LogP contribution >= 0.6 is 0 Å². The van der Waals surface area contributed by atoms with Crippen LogP contribution in [0.1, 0.15) is 32.2 Å². The van der Waals surface area contributed by atoms with Crippen LogP contribution in [0.15, 0.2) is 24.3 Å². The standard InChI is InChI=1S/C15H18FN3O/c1-9-7-10(16)5-6-11(9)20-13-8-12(17)18-14(19-13)15(2,3)4/h5-8H,1-4H3,(H2,17,18,19). The van der Waals surface area contributed by atoms with Crippen molar-refractivity contribution in [1.29, 1.82) is 0 Å². The van der Waals surface area contributed by atoms with Gasteiger partial charge in [0, 0.05) is 11.5 Å². The molecule has 0 unspecified atom stereocenters. The van der Waals surface area contributed by atoms with Crippen LogP contribution in [-0.2, 0) is 5.41 Å². The Morgan fingerprint density at radius 3 is 2.45 bits per heavy atom. The van der Waals surface area contributed by atoms with Crippen molar-refractivity contribution >= 4 is 5.82 Å². The molecule has 5 heteroatoms. The average molecular weight is 275 g/mol. The van der Waals surface area contributed by atoms with Crippen molar-refractivity contribution in [3.63, 3.8) is 0 Å². The van der Waals surface area contributed by atoms with Gasteiger partial charge in [0.25, 0.3) is 0 Å². The molecule has 0 aliphatic carbocycles. The first-order valence-corrected chi connectivity index (χ1v) is 6.35. The zero-order valence-corrected chi connectivity index (χ0v) is 12.1. The molecule has 0 bridgehead atoms. The molecule has 0 saturated heterocycles. The SMILES string of the molecule is Cc1cc(F)ccc1Oc1cc(N)nc(C(C)(C)C)n1. The van der Waals surface area contributed by atoms with Crippen molar-refractivity contribution in [2.45, 2.75) is 33.1 Å². The third kappa shape index (κ3) is 3.23. The minimum absolute atomic E-state index is 0.231. The van der Waals surface area contributed by atoms with E-state index in [2.05, 4.69) is 9.97 Å². The van der Waals surface area contributed by atoms with Crippen molar-refractivity contribution in [1.82, 2.24) is 9.97 Å². The van der Waals surface area contributed by atoms with Crippen molar-refractivity contribution in [3.05, 3.63) is 41.5 Å². The van der Waals surface area contributed by atoms with Gasteiger partial charge in [0.15, 0.2) is 0 Å². The molecule has 106 valence electrons. The van der Waals surface area contributed by atoms with Crippen molar-refractivity contribution in [2.75, 3.05) is 5.73 Å². The summed E-state index contributed by atoms with van der Waals surface area (Å²) in [5.74, 6) is 1.56. The van der Waals surface area contributed by atoms with Crippen molar-refractivity contribution < 1.29 is 9.13 Å². The van der Waals surface area contributed by atoms with Gasteiger partial charge < -0.3 is 10.5 Å². The summed E-state index contributed by atoms with van der Waals surface area (Å²) in [7, 11) is 0. The molecule has 0 radical (unpaired) electrons. The summed E-state index contributed by atoms with van der Waals surface area (Å²) < 4.78 is 18.8. The Morgan fingerprint density at radius 1 is 1.15 bits per heavy atom. The lowest BCUT2D eigenvalue weighted by Crippen LogP contribution is -2.17. The second kappa shape index (κ2) is 5.07. The fraction of sp³-hybridized carbons (Fsp3) is 0.333. The predicted octanol–water partition coefficient (Wildman–Crippen LogP) is 3.60. The number of rotatable bonds is 2. The zero-order valence-electron chi connectivity index (χ0n) is 12.1. The van der Waals surface area contributed by atoms with E-state index in [1.165, 1.54) is 12.1 Å². The Morgan fingerprint density at radius 2 is 1.85 bits per heavy atom. The van der Waals surface area contributed by atoms with Crippen LogP contribution in [0.2, 0.25) is 0 Å². The van der Waals surface area contributed by atoms with E-state index < -0.39 is 0 Å². The van der Waals surface area contributed by atoms with Gasteiger partial charge in [-0.2, -0.15) is 4.98 Å². The van der Waals surface area contributed by atoms with E-state index in [0.717, 1.165) is 0 Å². The maximum atomic E-state index is 13.1. The Hall–Kier alpha value is -2.17. The molecular formula is C15H18FN3O. The summed E-state index contributed by atoms with van der Waals surface area (Å²) in [6.07, 6.45) is 0. The van der Waals surface area contributed by atoms with Gasteiger partial charge >= 0.3 is 0 Å². The molecule has 0 aliphatic heterocycles. The molecule has 2 rings (SSSR count). The van der Waals surface area contributed by atoms with Gasteiger partial charge in [0.1, 0.15) is 23.2 Å². The number of hydrogen-bond acceptors (Lipinski definition) is 4. The normalized spacial score (nSPS) is 11.4. The molecule has 20 heavy (non-hydrogen) atoms. The molecule has 0 amide bonds. The summed E-state index contributed by atoms with van der Waals surface area (Å²) >= 11 is 0. The summed E-state index contributed by atoms with van der Waals surface area (Å²) in [5, 5.41) is 0. The van der Waals surface area contributed by atoms with E-state index in [9.17, 15) is 4.39 Å². The summed E-state index contributed by atoms with van der Waals surface area (Å²) in [4.78, 5) is 8.57. The Balaban J connectivity index is 2.36. The molecule has 2 N–H and O–H groups in total. The third-order valence-corrected chi connectivity index (χ3v) is 2.74. The van der Waals surface area contributed by atoms with Crippen LogP contribution in [0.4, 0.5) is 10.2 Å². The van der Waals surface area contributed by atoms with Crippen LogP contribution < -0.4 is 10.5 Å². The van der Waals surface area contributed by atoms with Gasteiger partial charge in [0.05, 0.1) is 0 Å². The Labute approximate surface area is 117 Å². The fourth-order valence-electron chi connectivity index (χ4n) is 1.67. The second-order valence-corrected chi connectivity index (χ2v) is 5.72. The van der Waals surface area contributed by atoms with Crippen molar-refractivity contribution in [2.24, 2.45) is 0 Å². The lowest BCUT2D eigenvalue weighted by Gasteiger charge is -2.18. The molecule has 2 aromatic rings. The first-order chi connectivity index (χ1) is 9.25. The highest BCUT2D eigenvalue weighted by molar-refractivity contribution is 5.39. The minimum Gasteiger partial charge on any atom is -0.439 e. The highest BCUT2D eigenvalue weighted by atomic mass is 19.1. The van der Waals surface area contributed by atoms with Crippen molar-refractivity contribution in [3.8, 4) is 11.6 Å². The Kier molecular flexibility index (Phi) is 3.61. The highest BCUT2D eigenvalue weighted by Gasteiger charge is 2.19. The number of hydrogen-bond donors (Lipinski definition) is 1. The predicted molar refractivity (Wildman–Crippen MR) is 76.4 cm³/mol. The quantitative estimate of drug-likeness (QED) is 0.909. The third-order valence-electron chi connectivity index (χ3n) is 2.74. The van der Waals surface area contributed by atoms with Crippen LogP contribution in [0.25, 0.3) is 0 Å². The maximum Gasteiger partial charge on any atom is 0.224 e. The molecular weight excluding hydrogens is 257 g/mol. The number of anilines is 1. The second-order valence-electron chi connectivity index (χ2n) is 5.72. The number of aryl methyl sites for hydroxylation is 1. The number of halogens is 1. The summed E-state index contributed by atoms with van der Waals surface area (Å²) in [6.45, 7) is 7.76. The topological polar surface area (TPSA) is 61.0 Å². The van der Waals surface area contributed by atoms with Crippen LogP contribution in [0, 0.1) is 12.7 Å². The van der Waals surface area contributed by atoms with E-state index in [1.807, 2.05) is 20.8 Å². The number of nitrogens with two attached hydrogens (primary N) is 1. The molecule has 0 spiro atoms. The fourth-order valence-corrected chi connectivity index (χ4v) is 1.67. The highest BCUT2D eigenvalue weighted by Crippen LogP contribution is 2.27. The summed E-state index contributed by atoms with van der Waals surface area (Å²) in [6, 6.07) is 5.87. The number of nitrogens with zero attached hydrogens (tertiary/aromatic N) is 2. The lowest BCUT2D eigenvalue weighted by atomic mass is 9.96. The number of nitrogen functional groups attached to an aromatic ring is 1. The smallest absolute Gasteiger partial charge is 0.224 e. The summed E-state index contributed by atoms with van der Waals surface area (Å²) in [5.41, 5.74) is 6.24. The van der Waals surface area contributed by atoms with Gasteiger partial charge in [-0.1, -0.05) is 20.8 Å². The molecule has 0 aliphatic rings. The molecule has 1 aromatic carbocycles. The molecule has 0 saturated carbocycles. The van der Waals surface area contributed by atoms with E-state index in [1.54, 1.807) is 19.1 Å². The average Bonchev–Trinajstić information content (AvgIpc) is 2.31. The van der Waals surface area contributed by atoms with Gasteiger partial charge in [0.2, 0.25) is 5.88 Å². The van der Waals surface area contributed by atoms with E-state index in [-0.39, 0.29) is 11.2 Å². The van der Waals surface area contributed by atoms with Crippen LogP contribution in [-0.4, -0.2) is 9.97 Å². The minimum atomic E-state index is -0.299. The Bertz CT molecular complexity index is 636. The van der Waals surface area contributed by atoms with Gasteiger partial charge in [-0.25, -0.2) is 9.37 Å². The first-order valence-electron chi connectivity index (χ1n) is 6.35. The van der Waals surface area contributed by atoms with Gasteiger partial charge in [-0.05, 0) is 30.7 Å². The van der Waals surface area contributed by atoms with E-state index >= 15 is 0 Å². The number of ether oxygens (including phenoxy) is 1. The largest absolute Gasteiger partial charge is 0.439 e. The zero-order chi connectivity index (χ0) is 14.9.